The molecular formula is C25H28N2O2. The Balaban J connectivity index is 1.35. The van der Waals surface area contributed by atoms with Gasteiger partial charge in [0.2, 0.25) is 0 Å². The number of amides is 1. The van der Waals surface area contributed by atoms with E-state index >= 15 is 0 Å². The minimum absolute atomic E-state index is 0.103. The van der Waals surface area contributed by atoms with Gasteiger partial charge in [0, 0.05) is 13.1 Å². The van der Waals surface area contributed by atoms with E-state index in [2.05, 4.69) is 34.5 Å². The molecule has 1 aliphatic rings. The third-order valence-corrected chi connectivity index (χ3v) is 5.57. The van der Waals surface area contributed by atoms with E-state index in [4.69, 9.17) is 4.74 Å². The molecule has 1 amide bonds. The number of nitrogens with zero attached hydrogens (tertiary/aromatic N) is 1. The summed E-state index contributed by atoms with van der Waals surface area (Å²) in [5, 5.41) is 5.30. The van der Waals surface area contributed by atoms with E-state index in [1.165, 1.54) is 24.0 Å². The molecule has 3 aromatic rings. The first-order chi connectivity index (χ1) is 14.2. The third-order valence-electron chi connectivity index (χ3n) is 5.57. The van der Waals surface area contributed by atoms with Crippen molar-refractivity contribution in [2.45, 2.75) is 39.0 Å². The van der Waals surface area contributed by atoms with Crippen LogP contribution in [0.3, 0.4) is 0 Å². The largest absolute Gasteiger partial charge is 0.481 e. The van der Waals surface area contributed by atoms with Crippen molar-refractivity contribution < 1.29 is 9.53 Å². The van der Waals surface area contributed by atoms with Gasteiger partial charge in [-0.15, -0.1) is 0 Å². The lowest BCUT2D eigenvalue weighted by atomic mass is 10.1. The van der Waals surface area contributed by atoms with Gasteiger partial charge in [-0.1, -0.05) is 54.6 Å². The van der Waals surface area contributed by atoms with Crippen molar-refractivity contribution in [3.8, 4) is 5.75 Å². The van der Waals surface area contributed by atoms with Gasteiger partial charge in [-0.3, -0.25) is 9.69 Å². The molecule has 0 radical (unpaired) electrons. The SMILES string of the molecule is C[C@H](Oc1ccc2ccccc2c1)C(=O)NCc1ccccc1CN1CCCC1. The van der Waals surface area contributed by atoms with Gasteiger partial charge in [0.15, 0.2) is 6.10 Å². The normalized spacial score (nSPS) is 15.3. The van der Waals surface area contributed by atoms with E-state index in [1.54, 1.807) is 6.92 Å². The Kier molecular flexibility index (Phi) is 6.11. The molecule has 29 heavy (non-hydrogen) atoms. The Labute approximate surface area is 172 Å². The fraction of sp³-hybridized carbons (Fsp3) is 0.320. The van der Waals surface area contributed by atoms with Crippen molar-refractivity contribution in [3.05, 3.63) is 77.9 Å². The predicted octanol–water partition coefficient (Wildman–Crippen LogP) is 4.52. The summed E-state index contributed by atoms with van der Waals surface area (Å²) in [6.45, 7) is 5.60. The summed E-state index contributed by atoms with van der Waals surface area (Å²) in [4.78, 5) is 15.1. The van der Waals surface area contributed by atoms with Gasteiger partial charge < -0.3 is 10.1 Å². The van der Waals surface area contributed by atoms with Gasteiger partial charge in [-0.25, -0.2) is 0 Å². The van der Waals surface area contributed by atoms with Crippen molar-refractivity contribution in [3.63, 3.8) is 0 Å². The number of rotatable bonds is 7. The maximum Gasteiger partial charge on any atom is 0.261 e. The molecule has 4 rings (SSSR count). The predicted molar refractivity (Wildman–Crippen MR) is 117 cm³/mol. The second-order valence-corrected chi connectivity index (χ2v) is 7.74. The second-order valence-electron chi connectivity index (χ2n) is 7.74. The topological polar surface area (TPSA) is 41.6 Å². The van der Waals surface area contributed by atoms with Crippen LogP contribution in [0, 0.1) is 0 Å². The molecule has 1 atom stereocenters. The molecule has 3 aromatic carbocycles. The van der Waals surface area contributed by atoms with E-state index < -0.39 is 6.10 Å². The molecule has 1 heterocycles. The summed E-state index contributed by atoms with van der Waals surface area (Å²) in [6.07, 6.45) is 2.01. The molecule has 4 heteroatoms. The summed E-state index contributed by atoms with van der Waals surface area (Å²) in [5.41, 5.74) is 2.46. The molecule has 1 aliphatic heterocycles. The summed E-state index contributed by atoms with van der Waals surface area (Å²) in [6, 6.07) is 22.4. The van der Waals surface area contributed by atoms with Crippen molar-refractivity contribution >= 4 is 16.7 Å². The van der Waals surface area contributed by atoms with Crippen LogP contribution in [-0.2, 0) is 17.9 Å². The number of carbonyl (C=O) groups is 1. The van der Waals surface area contributed by atoms with Gasteiger partial charge >= 0.3 is 0 Å². The molecule has 1 saturated heterocycles. The minimum atomic E-state index is -0.554. The first kappa shape index (κ1) is 19.5. The molecule has 0 unspecified atom stereocenters. The molecule has 0 aliphatic carbocycles. The molecule has 0 spiro atoms. The molecule has 0 bridgehead atoms. The minimum Gasteiger partial charge on any atom is -0.481 e. The van der Waals surface area contributed by atoms with Crippen LogP contribution < -0.4 is 10.1 Å². The standard InChI is InChI=1S/C25H28N2O2/c1-19(29-24-13-12-20-8-2-3-9-21(20)16-24)25(28)26-17-22-10-4-5-11-23(22)18-27-14-6-7-15-27/h2-5,8-13,16,19H,6-7,14-15,17-18H2,1H3,(H,26,28)/t19-/m0/s1. The Morgan fingerprint density at radius 2 is 1.66 bits per heavy atom. The number of ether oxygens (including phenoxy) is 1. The highest BCUT2D eigenvalue weighted by atomic mass is 16.5. The van der Waals surface area contributed by atoms with Crippen LogP contribution in [-0.4, -0.2) is 30.0 Å². The highest BCUT2D eigenvalue weighted by Crippen LogP contribution is 2.21. The number of fused-ring (bicyclic) bond motifs is 1. The number of carbonyl (C=O) groups excluding carboxylic acids is 1. The maximum atomic E-state index is 12.6. The highest BCUT2D eigenvalue weighted by Gasteiger charge is 2.17. The van der Waals surface area contributed by atoms with Crippen LogP contribution >= 0.6 is 0 Å². The van der Waals surface area contributed by atoms with Crippen LogP contribution in [0.2, 0.25) is 0 Å². The van der Waals surface area contributed by atoms with Gasteiger partial charge in [0.1, 0.15) is 5.75 Å². The average molecular weight is 389 g/mol. The molecule has 1 fully saturated rings. The first-order valence-electron chi connectivity index (χ1n) is 10.4. The summed E-state index contributed by atoms with van der Waals surface area (Å²) < 4.78 is 5.89. The van der Waals surface area contributed by atoms with Crippen molar-refractivity contribution in [2.24, 2.45) is 0 Å². The monoisotopic (exact) mass is 388 g/mol. The molecule has 1 N–H and O–H groups in total. The van der Waals surface area contributed by atoms with Crippen LogP contribution in [0.5, 0.6) is 5.75 Å². The lowest BCUT2D eigenvalue weighted by Gasteiger charge is -2.19. The molecule has 0 aromatic heterocycles. The molecule has 150 valence electrons. The quantitative estimate of drug-likeness (QED) is 0.647. The average Bonchev–Trinajstić information content (AvgIpc) is 3.26. The second kappa shape index (κ2) is 9.10. The van der Waals surface area contributed by atoms with E-state index in [1.807, 2.05) is 42.5 Å². The van der Waals surface area contributed by atoms with Gasteiger partial charge in [-0.05, 0) is 66.9 Å². The van der Waals surface area contributed by atoms with Gasteiger partial charge in [0.25, 0.3) is 5.91 Å². The third kappa shape index (κ3) is 4.96. The highest BCUT2D eigenvalue weighted by molar-refractivity contribution is 5.84. The Hall–Kier alpha value is -2.85. The summed E-state index contributed by atoms with van der Waals surface area (Å²) in [7, 11) is 0. The zero-order valence-electron chi connectivity index (χ0n) is 16.9. The number of nitrogens with one attached hydrogen (secondary N) is 1. The fourth-order valence-corrected chi connectivity index (χ4v) is 3.89. The number of hydrogen-bond donors (Lipinski definition) is 1. The van der Waals surface area contributed by atoms with Gasteiger partial charge in [0.05, 0.1) is 0 Å². The molecule has 4 nitrogen and oxygen atoms in total. The van der Waals surface area contributed by atoms with Crippen LogP contribution in [0.15, 0.2) is 66.7 Å². The van der Waals surface area contributed by atoms with E-state index in [9.17, 15) is 4.79 Å². The van der Waals surface area contributed by atoms with Crippen LogP contribution in [0.4, 0.5) is 0 Å². The zero-order valence-corrected chi connectivity index (χ0v) is 16.9. The summed E-state index contributed by atoms with van der Waals surface area (Å²) >= 11 is 0. The lowest BCUT2D eigenvalue weighted by Crippen LogP contribution is -2.36. The summed E-state index contributed by atoms with van der Waals surface area (Å²) in [5.74, 6) is 0.606. The lowest BCUT2D eigenvalue weighted by molar-refractivity contribution is -0.127. The smallest absolute Gasteiger partial charge is 0.261 e. The maximum absolute atomic E-state index is 12.6. The molecule has 0 saturated carbocycles. The van der Waals surface area contributed by atoms with E-state index in [0.29, 0.717) is 12.3 Å². The number of hydrogen-bond acceptors (Lipinski definition) is 3. The number of likely N-dealkylation sites (tertiary alicyclic amines) is 1. The number of benzene rings is 3. The van der Waals surface area contributed by atoms with Crippen molar-refractivity contribution in [1.29, 1.82) is 0 Å². The van der Waals surface area contributed by atoms with Crippen molar-refractivity contribution in [2.75, 3.05) is 13.1 Å². The Bertz CT molecular complexity index is 979. The van der Waals surface area contributed by atoms with E-state index in [-0.39, 0.29) is 5.91 Å². The molecular weight excluding hydrogens is 360 g/mol. The van der Waals surface area contributed by atoms with E-state index in [0.717, 1.165) is 30.4 Å². The zero-order chi connectivity index (χ0) is 20.1. The van der Waals surface area contributed by atoms with Crippen LogP contribution in [0.25, 0.3) is 10.8 Å². The Morgan fingerprint density at radius 1 is 0.966 bits per heavy atom. The van der Waals surface area contributed by atoms with Crippen molar-refractivity contribution in [1.82, 2.24) is 10.2 Å². The van der Waals surface area contributed by atoms with Gasteiger partial charge in [-0.2, -0.15) is 0 Å². The first-order valence-corrected chi connectivity index (χ1v) is 10.4. The Morgan fingerprint density at radius 3 is 2.45 bits per heavy atom. The fourth-order valence-electron chi connectivity index (χ4n) is 3.89. The van der Waals surface area contributed by atoms with Crippen LogP contribution in [0.1, 0.15) is 30.9 Å².